The Hall–Kier alpha value is -3.46. The number of aromatic nitrogens is 2. The summed E-state index contributed by atoms with van der Waals surface area (Å²) >= 11 is 5.90. The van der Waals surface area contributed by atoms with Crippen LogP contribution in [0.4, 0.5) is 5.69 Å². The molecule has 0 radical (unpaired) electrons. The van der Waals surface area contributed by atoms with Gasteiger partial charge < -0.3 is 14.0 Å². The average Bonchev–Trinajstić information content (AvgIpc) is 3.15. The lowest BCUT2D eigenvalue weighted by molar-refractivity contribution is -0.384. The van der Waals surface area contributed by atoms with Gasteiger partial charge in [-0.3, -0.25) is 10.1 Å². The summed E-state index contributed by atoms with van der Waals surface area (Å²) in [6.07, 6.45) is 0. The molecule has 3 aromatic rings. The predicted octanol–water partition coefficient (Wildman–Crippen LogP) is 3.66. The Labute approximate surface area is 157 Å². The quantitative estimate of drug-likeness (QED) is 0.356. The summed E-state index contributed by atoms with van der Waals surface area (Å²) in [6.45, 7) is -0.311. The minimum Gasteiger partial charge on any atom is -0.497 e. The van der Waals surface area contributed by atoms with E-state index in [1.54, 1.807) is 31.4 Å². The van der Waals surface area contributed by atoms with Gasteiger partial charge in [0.2, 0.25) is 5.82 Å². The fraction of sp³-hybridized carbons (Fsp3) is 0.118. The monoisotopic (exact) mass is 389 g/mol. The minimum atomic E-state index is -0.843. The Kier molecular flexibility index (Phi) is 5.32. The smallest absolute Gasteiger partial charge is 0.340 e. The van der Waals surface area contributed by atoms with Crippen molar-refractivity contribution in [1.29, 1.82) is 0 Å². The van der Waals surface area contributed by atoms with Crippen LogP contribution in [0.5, 0.6) is 5.75 Å². The number of hydrogen-bond acceptors (Lipinski definition) is 8. The van der Waals surface area contributed by atoms with Crippen LogP contribution in [0.15, 0.2) is 47.0 Å². The summed E-state index contributed by atoms with van der Waals surface area (Å²) in [5, 5.41) is 14.7. The molecule has 0 saturated heterocycles. The molecule has 0 saturated carbocycles. The highest BCUT2D eigenvalue weighted by atomic mass is 35.5. The highest BCUT2D eigenvalue weighted by Gasteiger charge is 2.18. The molecule has 0 spiro atoms. The van der Waals surface area contributed by atoms with Crippen molar-refractivity contribution in [3.05, 3.63) is 69.1 Å². The third kappa shape index (κ3) is 4.21. The van der Waals surface area contributed by atoms with Gasteiger partial charge in [0.25, 0.3) is 11.6 Å². The fourth-order valence-electron chi connectivity index (χ4n) is 2.18. The van der Waals surface area contributed by atoms with Crippen molar-refractivity contribution in [2.75, 3.05) is 7.11 Å². The molecule has 0 bridgehead atoms. The lowest BCUT2D eigenvalue weighted by atomic mass is 10.2. The number of halogens is 1. The van der Waals surface area contributed by atoms with Crippen LogP contribution in [0, 0.1) is 10.1 Å². The SMILES string of the molecule is COc1cccc(-c2noc(COC(=O)c3cc([N+](=O)[O-])ccc3Cl)n2)c1. The molecule has 0 aliphatic carbocycles. The number of rotatable bonds is 6. The third-order valence-electron chi connectivity index (χ3n) is 3.50. The van der Waals surface area contributed by atoms with Gasteiger partial charge in [0.05, 0.1) is 22.6 Å². The van der Waals surface area contributed by atoms with Gasteiger partial charge in [-0.15, -0.1) is 0 Å². The van der Waals surface area contributed by atoms with E-state index in [0.29, 0.717) is 17.1 Å². The summed E-state index contributed by atoms with van der Waals surface area (Å²) in [4.78, 5) is 26.5. The zero-order chi connectivity index (χ0) is 19.4. The number of carbonyl (C=O) groups is 1. The van der Waals surface area contributed by atoms with Gasteiger partial charge in [-0.25, -0.2) is 4.79 Å². The molecule has 0 aliphatic heterocycles. The van der Waals surface area contributed by atoms with E-state index in [9.17, 15) is 14.9 Å². The maximum Gasteiger partial charge on any atom is 0.340 e. The molecule has 0 aliphatic rings. The number of nitrogens with zero attached hydrogens (tertiary/aromatic N) is 3. The molecule has 2 aromatic carbocycles. The van der Waals surface area contributed by atoms with Crippen LogP contribution < -0.4 is 4.74 Å². The van der Waals surface area contributed by atoms with Gasteiger partial charge in [-0.05, 0) is 18.2 Å². The lowest BCUT2D eigenvalue weighted by Crippen LogP contribution is -2.07. The first-order valence-electron chi connectivity index (χ1n) is 7.56. The molecule has 9 nitrogen and oxygen atoms in total. The second kappa shape index (κ2) is 7.83. The van der Waals surface area contributed by atoms with E-state index >= 15 is 0 Å². The minimum absolute atomic E-state index is 0.0354. The van der Waals surface area contributed by atoms with Crippen molar-refractivity contribution in [3.8, 4) is 17.1 Å². The van der Waals surface area contributed by atoms with E-state index in [-0.39, 0.29) is 28.8 Å². The summed E-state index contributed by atoms with van der Waals surface area (Å²) in [6, 6.07) is 10.5. The number of ether oxygens (including phenoxy) is 2. The second-order valence-corrected chi connectivity index (χ2v) is 5.65. The van der Waals surface area contributed by atoms with Crippen molar-refractivity contribution in [2.24, 2.45) is 0 Å². The number of benzene rings is 2. The number of esters is 1. The van der Waals surface area contributed by atoms with E-state index in [1.165, 1.54) is 12.1 Å². The highest BCUT2D eigenvalue weighted by Crippen LogP contribution is 2.24. The largest absolute Gasteiger partial charge is 0.497 e. The molecule has 0 atom stereocenters. The second-order valence-electron chi connectivity index (χ2n) is 5.24. The van der Waals surface area contributed by atoms with Gasteiger partial charge in [0.1, 0.15) is 5.75 Å². The van der Waals surface area contributed by atoms with Crippen LogP contribution >= 0.6 is 11.6 Å². The molecule has 138 valence electrons. The van der Waals surface area contributed by atoms with Crippen LogP contribution in [-0.4, -0.2) is 28.1 Å². The number of nitro benzene ring substituents is 1. The Balaban J connectivity index is 1.70. The van der Waals surface area contributed by atoms with Crippen molar-refractivity contribution < 1.29 is 23.7 Å². The summed E-state index contributed by atoms with van der Waals surface area (Å²) < 4.78 is 15.2. The maximum absolute atomic E-state index is 12.1. The van der Waals surface area contributed by atoms with Crippen LogP contribution in [0.2, 0.25) is 5.02 Å². The van der Waals surface area contributed by atoms with Crippen LogP contribution in [-0.2, 0) is 11.3 Å². The van der Waals surface area contributed by atoms with Crippen molar-refractivity contribution in [1.82, 2.24) is 10.1 Å². The molecule has 0 fully saturated rings. The van der Waals surface area contributed by atoms with Crippen molar-refractivity contribution in [3.63, 3.8) is 0 Å². The van der Waals surface area contributed by atoms with Crippen LogP contribution in [0.25, 0.3) is 11.4 Å². The number of non-ortho nitro benzene ring substituents is 1. The zero-order valence-corrected chi connectivity index (χ0v) is 14.7. The zero-order valence-electron chi connectivity index (χ0n) is 13.9. The molecule has 1 aromatic heterocycles. The number of methoxy groups -OCH3 is 1. The van der Waals surface area contributed by atoms with Gasteiger partial charge in [0.15, 0.2) is 6.61 Å². The standard InChI is InChI=1S/C17H12ClN3O6/c1-25-12-4-2-3-10(7-12)16-19-15(27-20-16)9-26-17(22)13-8-11(21(23)24)5-6-14(13)18/h2-8H,9H2,1H3. The molecule has 0 amide bonds. The molecule has 1 heterocycles. The summed E-state index contributed by atoms with van der Waals surface area (Å²) in [7, 11) is 1.54. The van der Waals surface area contributed by atoms with E-state index < -0.39 is 10.9 Å². The number of hydrogen-bond donors (Lipinski definition) is 0. The molecular weight excluding hydrogens is 378 g/mol. The first-order valence-corrected chi connectivity index (χ1v) is 7.94. The van der Waals surface area contributed by atoms with E-state index in [2.05, 4.69) is 10.1 Å². The average molecular weight is 390 g/mol. The van der Waals surface area contributed by atoms with E-state index in [1.807, 2.05) is 0 Å². The topological polar surface area (TPSA) is 118 Å². The Bertz CT molecular complexity index is 1000. The normalized spacial score (nSPS) is 10.4. The Morgan fingerprint density at radius 2 is 2.11 bits per heavy atom. The number of nitro groups is 1. The van der Waals surface area contributed by atoms with E-state index in [4.69, 9.17) is 25.6 Å². The van der Waals surface area contributed by atoms with Crippen LogP contribution in [0.1, 0.15) is 16.2 Å². The summed E-state index contributed by atoms with van der Waals surface area (Å²) in [5.41, 5.74) is 0.264. The summed E-state index contributed by atoms with van der Waals surface area (Å²) in [5.74, 6) is 0.145. The first kappa shape index (κ1) is 18.3. The maximum atomic E-state index is 12.1. The van der Waals surface area contributed by atoms with Crippen molar-refractivity contribution in [2.45, 2.75) is 6.61 Å². The fourth-order valence-corrected chi connectivity index (χ4v) is 2.38. The van der Waals surface area contributed by atoms with Crippen LogP contribution in [0.3, 0.4) is 0 Å². The molecular formula is C17H12ClN3O6. The lowest BCUT2D eigenvalue weighted by Gasteiger charge is -2.04. The molecule has 10 heteroatoms. The van der Waals surface area contributed by atoms with Gasteiger partial charge in [-0.1, -0.05) is 28.9 Å². The van der Waals surface area contributed by atoms with Crippen molar-refractivity contribution >= 4 is 23.3 Å². The van der Waals surface area contributed by atoms with E-state index in [0.717, 1.165) is 6.07 Å². The van der Waals surface area contributed by atoms with Gasteiger partial charge >= 0.3 is 5.97 Å². The predicted molar refractivity (Wildman–Crippen MR) is 93.5 cm³/mol. The number of carbonyl (C=O) groups excluding carboxylic acids is 1. The molecule has 0 unspecified atom stereocenters. The van der Waals surface area contributed by atoms with Gasteiger partial charge in [-0.2, -0.15) is 4.98 Å². The molecule has 3 rings (SSSR count). The first-order chi connectivity index (χ1) is 13.0. The Morgan fingerprint density at radius 3 is 2.85 bits per heavy atom. The highest BCUT2D eigenvalue weighted by molar-refractivity contribution is 6.33. The molecule has 0 N–H and O–H groups in total. The third-order valence-corrected chi connectivity index (χ3v) is 3.83. The Morgan fingerprint density at radius 1 is 1.30 bits per heavy atom. The van der Waals surface area contributed by atoms with Gasteiger partial charge in [0, 0.05) is 17.7 Å². The molecule has 27 heavy (non-hydrogen) atoms.